The van der Waals surface area contributed by atoms with Crippen molar-refractivity contribution in [2.24, 2.45) is 0 Å². The number of aromatic nitrogens is 2. The average Bonchev–Trinajstić information content (AvgIpc) is 2.72. The Bertz CT molecular complexity index is 1150. The third-order valence-corrected chi connectivity index (χ3v) is 4.15. The summed E-state index contributed by atoms with van der Waals surface area (Å²) in [6.07, 6.45) is 0. The molecule has 0 atom stereocenters. The van der Waals surface area contributed by atoms with Crippen LogP contribution in [0.2, 0.25) is 0 Å². The van der Waals surface area contributed by atoms with Crippen molar-refractivity contribution < 1.29 is 19.4 Å². The fourth-order valence-corrected chi connectivity index (χ4v) is 2.84. The normalized spacial score (nSPS) is 10.4. The van der Waals surface area contributed by atoms with E-state index in [9.17, 15) is 25.0 Å². The number of nitrogens with zero attached hydrogens (tertiary/aromatic N) is 4. The minimum atomic E-state index is -0.749. The smallest absolute Gasteiger partial charge is 0.341 e. The molecule has 0 radical (unpaired) electrons. The van der Waals surface area contributed by atoms with Gasteiger partial charge >= 0.3 is 5.97 Å². The fraction of sp³-hybridized carbons (Fsp3) is 0.105. The summed E-state index contributed by atoms with van der Waals surface area (Å²) in [6.45, 7) is 1.53. The molecule has 1 heterocycles. The zero-order valence-electron chi connectivity index (χ0n) is 15.4. The zero-order valence-corrected chi connectivity index (χ0v) is 15.4. The second kappa shape index (κ2) is 7.80. The Morgan fingerprint density at radius 1 is 1.00 bits per heavy atom. The second-order valence-corrected chi connectivity index (χ2v) is 5.93. The Morgan fingerprint density at radius 2 is 1.72 bits per heavy atom. The van der Waals surface area contributed by atoms with Crippen LogP contribution in [0.5, 0.6) is 0 Å². The molecule has 3 aromatic rings. The monoisotopic (exact) mass is 394 g/mol. The van der Waals surface area contributed by atoms with Crippen molar-refractivity contribution in [2.45, 2.75) is 6.92 Å². The third kappa shape index (κ3) is 3.76. The molecule has 0 saturated heterocycles. The van der Waals surface area contributed by atoms with E-state index >= 15 is 0 Å². The van der Waals surface area contributed by atoms with Crippen molar-refractivity contribution >= 4 is 17.3 Å². The van der Waals surface area contributed by atoms with E-state index < -0.39 is 15.8 Å². The molecule has 0 unspecified atom stereocenters. The highest BCUT2D eigenvalue weighted by Gasteiger charge is 2.26. The highest BCUT2D eigenvalue weighted by Crippen LogP contribution is 2.34. The molecule has 10 heteroatoms. The van der Waals surface area contributed by atoms with Gasteiger partial charge < -0.3 is 4.74 Å². The number of aryl methyl sites for hydroxylation is 1. The SMILES string of the molecule is COC(=O)c1c(C)nc(-c2cccc([N+](=O)[O-])c2)nc1-c1ccccc1[N+](=O)[O-]. The average molecular weight is 394 g/mol. The van der Waals surface area contributed by atoms with Gasteiger partial charge in [-0.3, -0.25) is 20.2 Å². The van der Waals surface area contributed by atoms with Crippen LogP contribution in [0.15, 0.2) is 48.5 Å². The number of hydrogen-bond donors (Lipinski definition) is 0. The summed E-state index contributed by atoms with van der Waals surface area (Å²) in [5, 5.41) is 22.5. The van der Waals surface area contributed by atoms with Crippen molar-refractivity contribution in [1.82, 2.24) is 9.97 Å². The largest absolute Gasteiger partial charge is 0.465 e. The van der Waals surface area contributed by atoms with Gasteiger partial charge in [-0.15, -0.1) is 0 Å². The number of para-hydroxylation sites is 1. The highest BCUT2D eigenvalue weighted by molar-refractivity contribution is 5.98. The van der Waals surface area contributed by atoms with Gasteiger partial charge in [0, 0.05) is 23.8 Å². The first-order valence-electron chi connectivity index (χ1n) is 8.29. The number of rotatable bonds is 5. The van der Waals surface area contributed by atoms with Gasteiger partial charge in [-0.05, 0) is 13.0 Å². The Hall–Kier alpha value is -4.21. The number of hydrogen-bond acceptors (Lipinski definition) is 8. The van der Waals surface area contributed by atoms with Crippen LogP contribution in [0.3, 0.4) is 0 Å². The lowest BCUT2D eigenvalue weighted by Gasteiger charge is -2.12. The molecule has 0 aliphatic heterocycles. The molecule has 0 amide bonds. The summed E-state index contributed by atoms with van der Waals surface area (Å²) in [5.74, 6) is -0.659. The topological polar surface area (TPSA) is 138 Å². The molecule has 0 bridgehead atoms. The summed E-state index contributed by atoms with van der Waals surface area (Å²) < 4.78 is 4.80. The van der Waals surface area contributed by atoms with Gasteiger partial charge in [0.05, 0.1) is 33.9 Å². The van der Waals surface area contributed by atoms with Crippen LogP contribution in [0.4, 0.5) is 11.4 Å². The number of benzene rings is 2. The first kappa shape index (κ1) is 19.5. The first-order valence-corrected chi connectivity index (χ1v) is 8.29. The van der Waals surface area contributed by atoms with Gasteiger partial charge in [-0.25, -0.2) is 14.8 Å². The van der Waals surface area contributed by atoms with E-state index in [1.165, 1.54) is 50.4 Å². The number of ether oxygens (including phenoxy) is 1. The molecule has 0 spiro atoms. The van der Waals surface area contributed by atoms with Crippen LogP contribution >= 0.6 is 0 Å². The zero-order chi connectivity index (χ0) is 21.1. The Kier molecular flexibility index (Phi) is 5.26. The minimum Gasteiger partial charge on any atom is -0.465 e. The van der Waals surface area contributed by atoms with Crippen LogP contribution in [0.25, 0.3) is 22.6 Å². The number of nitro benzene ring substituents is 2. The molecule has 0 N–H and O–H groups in total. The lowest BCUT2D eigenvalue weighted by molar-refractivity contribution is -0.384. The van der Waals surface area contributed by atoms with Gasteiger partial charge in [-0.2, -0.15) is 0 Å². The van der Waals surface area contributed by atoms with Gasteiger partial charge in [-0.1, -0.05) is 24.3 Å². The molecule has 3 rings (SSSR count). The maximum atomic E-state index is 12.3. The van der Waals surface area contributed by atoms with E-state index in [0.717, 1.165) is 0 Å². The molecular formula is C19H14N4O6. The maximum absolute atomic E-state index is 12.3. The van der Waals surface area contributed by atoms with Gasteiger partial charge in [0.2, 0.25) is 0 Å². The number of carbonyl (C=O) groups excluding carboxylic acids is 1. The predicted molar refractivity (Wildman–Crippen MR) is 102 cm³/mol. The molecule has 2 aromatic carbocycles. The van der Waals surface area contributed by atoms with E-state index in [2.05, 4.69) is 9.97 Å². The van der Waals surface area contributed by atoms with Crippen molar-refractivity contribution in [3.8, 4) is 22.6 Å². The number of carbonyl (C=O) groups is 1. The van der Waals surface area contributed by atoms with Gasteiger partial charge in [0.15, 0.2) is 5.82 Å². The van der Waals surface area contributed by atoms with E-state index in [4.69, 9.17) is 4.74 Å². The molecule has 0 aliphatic rings. The summed E-state index contributed by atoms with van der Waals surface area (Å²) in [5.41, 5.74) is 0.248. The predicted octanol–water partition coefficient (Wildman–Crippen LogP) is 3.72. The van der Waals surface area contributed by atoms with Crippen molar-refractivity contribution in [3.63, 3.8) is 0 Å². The minimum absolute atomic E-state index is 0.0122. The second-order valence-electron chi connectivity index (χ2n) is 5.93. The third-order valence-electron chi connectivity index (χ3n) is 4.15. The van der Waals surface area contributed by atoms with Crippen molar-refractivity contribution in [3.05, 3.63) is 80.0 Å². The summed E-state index contributed by atoms with van der Waals surface area (Å²) in [7, 11) is 1.18. The maximum Gasteiger partial charge on any atom is 0.341 e. The molecule has 10 nitrogen and oxygen atoms in total. The molecule has 0 fully saturated rings. The van der Waals surface area contributed by atoms with Crippen LogP contribution in [0.1, 0.15) is 16.1 Å². The molecule has 146 valence electrons. The van der Waals surface area contributed by atoms with Crippen LogP contribution < -0.4 is 0 Å². The summed E-state index contributed by atoms with van der Waals surface area (Å²) in [6, 6.07) is 11.5. The molecular weight excluding hydrogens is 380 g/mol. The molecule has 0 aliphatic carbocycles. The van der Waals surface area contributed by atoms with Crippen LogP contribution in [-0.2, 0) is 4.74 Å². The number of methoxy groups -OCH3 is 1. The standard InChI is InChI=1S/C19H14N4O6/c1-11-16(19(24)29-2)17(14-8-3-4-9-15(14)23(27)28)21-18(20-11)12-6-5-7-13(10-12)22(25)26/h3-10H,1-2H3. The van der Waals surface area contributed by atoms with Gasteiger partial charge in [0.1, 0.15) is 5.56 Å². The lowest BCUT2D eigenvalue weighted by atomic mass is 10.0. The summed E-state index contributed by atoms with van der Waals surface area (Å²) in [4.78, 5) is 42.4. The Balaban J connectivity index is 2.32. The molecule has 0 saturated carbocycles. The van der Waals surface area contributed by atoms with E-state index in [0.29, 0.717) is 5.56 Å². The van der Waals surface area contributed by atoms with E-state index in [1.807, 2.05) is 0 Å². The quantitative estimate of drug-likeness (QED) is 0.362. The van der Waals surface area contributed by atoms with E-state index in [-0.39, 0.29) is 39.7 Å². The Labute approximate surface area is 164 Å². The van der Waals surface area contributed by atoms with E-state index in [1.54, 1.807) is 12.1 Å². The number of esters is 1. The number of non-ortho nitro benzene ring substituents is 1. The highest BCUT2D eigenvalue weighted by atomic mass is 16.6. The number of nitro groups is 2. The Morgan fingerprint density at radius 3 is 2.38 bits per heavy atom. The first-order chi connectivity index (χ1) is 13.8. The molecule has 1 aromatic heterocycles. The van der Waals surface area contributed by atoms with Crippen LogP contribution in [0, 0.1) is 27.2 Å². The fourth-order valence-electron chi connectivity index (χ4n) is 2.84. The lowest BCUT2D eigenvalue weighted by Crippen LogP contribution is -2.11. The van der Waals surface area contributed by atoms with Crippen molar-refractivity contribution in [2.75, 3.05) is 7.11 Å². The summed E-state index contributed by atoms with van der Waals surface area (Å²) >= 11 is 0. The van der Waals surface area contributed by atoms with Crippen LogP contribution in [-0.4, -0.2) is 32.9 Å². The molecule has 29 heavy (non-hydrogen) atoms. The van der Waals surface area contributed by atoms with Gasteiger partial charge in [0.25, 0.3) is 11.4 Å². The van der Waals surface area contributed by atoms with Crippen molar-refractivity contribution in [1.29, 1.82) is 0 Å².